The lowest BCUT2D eigenvalue weighted by Crippen LogP contribution is -2.23. The average Bonchev–Trinajstić information content (AvgIpc) is 3.30. The zero-order chi connectivity index (χ0) is 18.4. The van der Waals surface area contributed by atoms with E-state index < -0.39 is 5.97 Å². The summed E-state index contributed by atoms with van der Waals surface area (Å²) in [4.78, 5) is 37.0. The third-order valence-corrected chi connectivity index (χ3v) is 4.83. The molecule has 1 aromatic heterocycles. The van der Waals surface area contributed by atoms with Gasteiger partial charge in [0.1, 0.15) is 0 Å². The predicted molar refractivity (Wildman–Crippen MR) is 100 cm³/mol. The van der Waals surface area contributed by atoms with Crippen LogP contribution in [-0.4, -0.2) is 30.9 Å². The Hall–Kier alpha value is -2.67. The molecule has 0 unspecified atom stereocenters. The summed E-state index contributed by atoms with van der Waals surface area (Å²) < 4.78 is 4.99. The number of ether oxygens (including phenoxy) is 1. The molecule has 6 nitrogen and oxygen atoms in total. The van der Waals surface area contributed by atoms with Gasteiger partial charge in [-0.2, -0.15) is 11.3 Å². The van der Waals surface area contributed by atoms with E-state index in [0.717, 1.165) is 24.2 Å². The first-order valence-electron chi connectivity index (χ1n) is 8.49. The Balaban J connectivity index is 1.41. The number of amides is 2. The van der Waals surface area contributed by atoms with Crippen LogP contribution in [-0.2, 0) is 25.5 Å². The van der Waals surface area contributed by atoms with Gasteiger partial charge in [-0.1, -0.05) is 0 Å². The van der Waals surface area contributed by atoms with E-state index in [1.165, 1.54) is 0 Å². The Kier molecular flexibility index (Phi) is 6.01. The van der Waals surface area contributed by atoms with Crippen molar-refractivity contribution in [3.63, 3.8) is 0 Å². The number of carbonyl (C=O) groups excluding carboxylic acids is 3. The van der Waals surface area contributed by atoms with Crippen molar-refractivity contribution in [2.24, 2.45) is 0 Å². The average molecular weight is 372 g/mol. The first-order valence-corrected chi connectivity index (χ1v) is 9.43. The Bertz CT molecular complexity index is 771. The van der Waals surface area contributed by atoms with E-state index in [9.17, 15) is 14.4 Å². The van der Waals surface area contributed by atoms with Crippen LogP contribution in [0.2, 0.25) is 0 Å². The van der Waals surface area contributed by atoms with Gasteiger partial charge in [-0.3, -0.25) is 14.4 Å². The van der Waals surface area contributed by atoms with Gasteiger partial charge in [0, 0.05) is 30.8 Å². The highest BCUT2D eigenvalue weighted by Gasteiger charge is 2.21. The summed E-state index contributed by atoms with van der Waals surface area (Å²) in [5.74, 6) is -0.663. The van der Waals surface area contributed by atoms with Crippen molar-refractivity contribution in [3.05, 3.63) is 46.7 Å². The van der Waals surface area contributed by atoms with Crippen LogP contribution in [0.5, 0.6) is 0 Å². The zero-order valence-electron chi connectivity index (χ0n) is 14.3. The number of benzene rings is 1. The summed E-state index contributed by atoms with van der Waals surface area (Å²) in [6, 6.07) is 9.02. The molecule has 0 spiro atoms. The van der Waals surface area contributed by atoms with Crippen molar-refractivity contribution in [3.8, 4) is 0 Å². The molecule has 1 saturated heterocycles. The molecule has 2 heterocycles. The van der Waals surface area contributed by atoms with Crippen LogP contribution in [0.1, 0.15) is 24.8 Å². The van der Waals surface area contributed by atoms with Gasteiger partial charge < -0.3 is 15.0 Å². The largest absolute Gasteiger partial charge is 0.456 e. The number of aryl methyl sites for hydroxylation is 1. The highest BCUT2D eigenvalue weighted by molar-refractivity contribution is 7.07. The number of hydrogen-bond acceptors (Lipinski definition) is 5. The van der Waals surface area contributed by atoms with Gasteiger partial charge in [0.2, 0.25) is 5.91 Å². The molecule has 1 fully saturated rings. The summed E-state index contributed by atoms with van der Waals surface area (Å²) in [6.07, 6.45) is 2.31. The van der Waals surface area contributed by atoms with E-state index in [0.29, 0.717) is 18.5 Å². The lowest BCUT2D eigenvalue weighted by molar-refractivity contribution is -0.147. The third-order valence-electron chi connectivity index (χ3n) is 4.10. The highest BCUT2D eigenvalue weighted by Crippen LogP contribution is 2.23. The number of carbonyl (C=O) groups is 3. The van der Waals surface area contributed by atoms with E-state index in [1.807, 2.05) is 16.8 Å². The molecule has 7 heteroatoms. The summed E-state index contributed by atoms with van der Waals surface area (Å²) in [5, 5.41) is 6.62. The maximum atomic E-state index is 11.9. The van der Waals surface area contributed by atoms with Crippen LogP contribution in [0.3, 0.4) is 0 Å². The second-order valence-electron chi connectivity index (χ2n) is 6.04. The third kappa shape index (κ3) is 4.92. The summed E-state index contributed by atoms with van der Waals surface area (Å²) >= 11 is 1.58. The first kappa shape index (κ1) is 18.1. The number of nitrogens with one attached hydrogen (secondary N) is 1. The fourth-order valence-corrected chi connectivity index (χ4v) is 3.45. The predicted octanol–water partition coefficient (Wildman–Crippen LogP) is 2.99. The smallest absolute Gasteiger partial charge is 0.306 e. The summed E-state index contributed by atoms with van der Waals surface area (Å²) in [6.45, 7) is 0.417. The van der Waals surface area contributed by atoms with Crippen molar-refractivity contribution < 1.29 is 19.1 Å². The lowest BCUT2D eigenvalue weighted by atomic mass is 10.2. The fourth-order valence-electron chi connectivity index (χ4n) is 2.74. The SMILES string of the molecule is O=C(COC(=O)CCc1ccsc1)Nc1ccc(N2CCCC2=O)cc1. The molecule has 0 radical (unpaired) electrons. The van der Waals surface area contributed by atoms with E-state index in [4.69, 9.17) is 4.74 Å². The minimum atomic E-state index is -0.394. The number of hydrogen-bond donors (Lipinski definition) is 1. The molecule has 26 heavy (non-hydrogen) atoms. The van der Waals surface area contributed by atoms with Gasteiger partial charge in [-0.25, -0.2) is 0 Å². The van der Waals surface area contributed by atoms with Gasteiger partial charge in [-0.15, -0.1) is 0 Å². The number of rotatable bonds is 7. The van der Waals surface area contributed by atoms with Gasteiger partial charge in [0.15, 0.2) is 6.61 Å². The highest BCUT2D eigenvalue weighted by atomic mass is 32.1. The number of thiophene rings is 1. The van der Waals surface area contributed by atoms with Crippen LogP contribution in [0.25, 0.3) is 0 Å². The van der Waals surface area contributed by atoms with Crippen molar-refractivity contribution in [2.75, 3.05) is 23.4 Å². The fraction of sp³-hybridized carbons (Fsp3) is 0.316. The van der Waals surface area contributed by atoms with Gasteiger partial charge in [0.05, 0.1) is 0 Å². The molecule has 3 rings (SSSR count). The molecule has 2 amide bonds. The van der Waals surface area contributed by atoms with Crippen molar-refractivity contribution in [1.82, 2.24) is 0 Å². The standard InChI is InChI=1S/C19H20N2O4S/c22-17(12-25-19(24)8-3-14-9-11-26-13-14)20-15-4-6-16(7-5-15)21-10-1-2-18(21)23/h4-7,9,11,13H,1-3,8,10,12H2,(H,20,22). The summed E-state index contributed by atoms with van der Waals surface area (Å²) in [5.41, 5.74) is 2.51. The Labute approximate surface area is 155 Å². The molecule has 136 valence electrons. The van der Waals surface area contributed by atoms with E-state index in [2.05, 4.69) is 5.32 Å². The van der Waals surface area contributed by atoms with Crippen molar-refractivity contribution >= 4 is 40.5 Å². The molecule has 0 aliphatic carbocycles. The maximum absolute atomic E-state index is 11.9. The topological polar surface area (TPSA) is 75.7 Å². The molecule has 1 aliphatic heterocycles. The monoisotopic (exact) mass is 372 g/mol. The Morgan fingerprint density at radius 1 is 1.19 bits per heavy atom. The minimum absolute atomic E-state index is 0.121. The number of esters is 1. The van der Waals surface area contributed by atoms with E-state index in [1.54, 1.807) is 40.5 Å². The van der Waals surface area contributed by atoms with E-state index in [-0.39, 0.29) is 24.8 Å². The molecule has 2 aromatic rings. The van der Waals surface area contributed by atoms with Crippen LogP contribution in [0.4, 0.5) is 11.4 Å². The second kappa shape index (κ2) is 8.62. The van der Waals surface area contributed by atoms with Crippen LogP contribution < -0.4 is 10.2 Å². The first-order chi connectivity index (χ1) is 12.6. The number of nitrogens with zero attached hydrogens (tertiary/aromatic N) is 1. The molecular weight excluding hydrogens is 352 g/mol. The molecule has 0 saturated carbocycles. The number of anilines is 2. The van der Waals surface area contributed by atoms with Crippen LogP contribution in [0, 0.1) is 0 Å². The molecular formula is C19H20N2O4S. The zero-order valence-corrected chi connectivity index (χ0v) is 15.1. The molecule has 0 atom stereocenters. The lowest BCUT2D eigenvalue weighted by Gasteiger charge is -2.16. The molecule has 1 aromatic carbocycles. The minimum Gasteiger partial charge on any atom is -0.456 e. The van der Waals surface area contributed by atoms with E-state index >= 15 is 0 Å². The van der Waals surface area contributed by atoms with Gasteiger partial charge in [-0.05, 0) is 59.5 Å². The molecule has 1 N–H and O–H groups in total. The summed E-state index contributed by atoms with van der Waals surface area (Å²) in [7, 11) is 0. The second-order valence-corrected chi connectivity index (χ2v) is 6.82. The quantitative estimate of drug-likeness (QED) is 0.758. The molecule has 1 aliphatic rings. The van der Waals surface area contributed by atoms with Crippen molar-refractivity contribution in [1.29, 1.82) is 0 Å². The van der Waals surface area contributed by atoms with Crippen LogP contribution in [0.15, 0.2) is 41.1 Å². The molecule has 0 bridgehead atoms. The van der Waals surface area contributed by atoms with Gasteiger partial charge in [0.25, 0.3) is 5.91 Å². The Morgan fingerprint density at radius 2 is 2.00 bits per heavy atom. The van der Waals surface area contributed by atoms with Gasteiger partial charge >= 0.3 is 5.97 Å². The van der Waals surface area contributed by atoms with Crippen LogP contribution >= 0.6 is 11.3 Å². The van der Waals surface area contributed by atoms with Crippen molar-refractivity contribution in [2.45, 2.75) is 25.7 Å². The normalized spacial score (nSPS) is 13.7. The maximum Gasteiger partial charge on any atom is 0.306 e. The Morgan fingerprint density at radius 3 is 2.65 bits per heavy atom.